The number of nitrogens with zero attached hydrogens (tertiary/aromatic N) is 1. The first kappa shape index (κ1) is 16.1. The molecule has 0 radical (unpaired) electrons. The van der Waals surface area contributed by atoms with Crippen LogP contribution in [0.15, 0.2) is 18.2 Å². The van der Waals surface area contributed by atoms with Crippen LogP contribution in [0.25, 0.3) is 0 Å². The van der Waals surface area contributed by atoms with E-state index in [1.165, 1.54) is 0 Å². The quantitative estimate of drug-likeness (QED) is 0.829. The second-order valence-electron chi connectivity index (χ2n) is 4.29. The number of hydrogen-bond acceptors (Lipinski definition) is 2. The fourth-order valence-electron chi connectivity index (χ4n) is 1.93. The van der Waals surface area contributed by atoms with E-state index in [9.17, 15) is 4.79 Å². The lowest BCUT2D eigenvalue weighted by Gasteiger charge is -2.20. The van der Waals surface area contributed by atoms with Crippen LogP contribution in [-0.4, -0.2) is 35.7 Å². The van der Waals surface area contributed by atoms with Gasteiger partial charge in [0, 0.05) is 24.3 Å². The summed E-state index contributed by atoms with van der Waals surface area (Å²) < 4.78 is 0. The number of aliphatic hydroxyl groups excluding tert-OH is 1. The second kappa shape index (κ2) is 8.23. The molecule has 0 saturated carbocycles. The highest BCUT2D eigenvalue weighted by Gasteiger charge is 2.11. The van der Waals surface area contributed by atoms with Crippen LogP contribution in [-0.2, 0) is 6.42 Å². The molecule has 0 unspecified atom stereocenters. The zero-order valence-electron chi connectivity index (χ0n) is 12.4. The van der Waals surface area contributed by atoms with Crippen molar-refractivity contribution in [3.63, 3.8) is 0 Å². The Bertz CT molecular complexity index is 511. The van der Waals surface area contributed by atoms with Crippen molar-refractivity contribution >= 4 is 11.7 Å². The van der Waals surface area contributed by atoms with E-state index in [-0.39, 0.29) is 12.6 Å². The summed E-state index contributed by atoms with van der Waals surface area (Å²) in [5.74, 6) is 5.49. The Morgan fingerprint density at radius 3 is 2.55 bits per heavy atom. The highest BCUT2D eigenvalue weighted by molar-refractivity contribution is 5.90. The standard InChI is InChI=1S/C16H22N2O2/c1-4-14-12-13(8-7-11-19)9-10-15(14)17-16(20)18(5-2)6-3/h9-10,12,19H,4-6,11H2,1-3H3,(H,17,20). The number of rotatable bonds is 4. The number of anilines is 1. The first-order valence-electron chi connectivity index (χ1n) is 6.94. The molecule has 0 bridgehead atoms. The van der Waals surface area contributed by atoms with Crippen LogP contribution in [0.1, 0.15) is 31.9 Å². The van der Waals surface area contributed by atoms with Gasteiger partial charge in [-0.2, -0.15) is 0 Å². The summed E-state index contributed by atoms with van der Waals surface area (Å²) in [5, 5.41) is 11.6. The van der Waals surface area contributed by atoms with Gasteiger partial charge in [0.1, 0.15) is 6.61 Å². The molecule has 20 heavy (non-hydrogen) atoms. The molecule has 0 aliphatic carbocycles. The average Bonchev–Trinajstić information content (AvgIpc) is 2.47. The second-order valence-corrected chi connectivity index (χ2v) is 4.29. The third-order valence-electron chi connectivity index (χ3n) is 3.09. The molecule has 1 aromatic rings. The van der Waals surface area contributed by atoms with E-state index in [0.717, 1.165) is 23.2 Å². The maximum Gasteiger partial charge on any atom is 0.321 e. The number of benzene rings is 1. The lowest BCUT2D eigenvalue weighted by molar-refractivity contribution is 0.217. The third kappa shape index (κ3) is 4.29. The molecule has 2 amide bonds. The predicted molar refractivity (Wildman–Crippen MR) is 81.7 cm³/mol. The molecule has 4 heteroatoms. The Morgan fingerprint density at radius 1 is 1.30 bits per heavy atom. The van der Waals surface area contributed by atoms with Gasteiger partial charge in [-0.1, -0.05) is 18.8 Å². The number of aliphatic hydroxyl groups is 1. The van der Waals surface area contributed by atoms with Gasteiger partial charge in [-0.05, 0) is 44.0 Å². The third-order valence-corrected chi connectivity index (χ3v) is 3.09. The Kier molecular flexibility index (Phi) is 6.61. The average molecular weight is 274 g/mol. The van der Waals surface area contributed by atoms with Gasteiger partial charge in [0.2, 0.25) is 0 Å². The van der Waals surface area contributed by atoms with Gasteiger partial charge in [-0.3, -0.25) is 0 Å². The SMILES string of the molecule is CCc1cc(C#CCO)ccc1NC(=O)N(CC)CC. The van der Waals surface area contributed by atoms with E-state index in [2.05, 4.69) is 17.2 Å². The number of aryl methyl sites for hydroxylation is 1. The van der Waals surface area contributed by atoms with Crippen LogP contribution in [0.3, 0.4) is 0 Å². The molecule has 0 spiro atoms. The van der Waals surface area contributed by atoms with Gasteiger partial charge in [-0.15, -0.1) is 0 Å². The molecular formula is C16H22N2O2. The van der Waals surface area contributed by atoms with E-state index in [4.69, 9.17) is 5.11 Å². The summed E-state index contributed by atoms with van der Waals surface area (Å²) in [5.41, 5.74) is 2.70. The highest BCUT2D eigenvalue weighted by atomic mass is 16.2. The van der Waals surface area contributed by atoms with Crippen molar-refractivity contribution in [2.24, 2.45) is 0 Å². The first-order chi connectivity index (χ1) is 9.65. The van der Waals surface area contributed by atoms with Crippen molar-refractivity contribution in [1.29, 1.82) is 0 Å². The highest BCUT2D eigenvalue weighted by Crippen LogP contribution is 2.18. The van der Waals surface area contributed by atoms with Crippen molar-refractivity contribution in [1.82, 2.24) is 4.90 Å². The van der Waals surface area contributed by atoms with Crippen LogP contribution in [0.4, 0.5) is 10.5 Å². The summed E-state index contributed by atoms with van der Waals surface area (Å²) in [7, 11) is 0. The zero-order chi connectivity index (χ0) is 15.0. The van der Waals surface area contributed by atoms with E-state index < -0.39 is 0 Å². The molecule has 0 atom stereocenters. The van der Waals surface area contributed by atoms with E-state index in [0.29, 0.717) is 13.1 Å². The number of hydrogen-bond donors (Lipinski definition) is 2. The summed E-state index contributed by atoms with van der Waals surface area (Å²) in [6, 6.07) is 5.57. The molecule has 108 valence electrons. The Hall–Kier alpha value is -1.99. The van der Waals surface area contributed by atoms with E-state index >= 15 is 0 Å². The molecule has 1 rings (SSSR count). The fraction of sp³-hybridized carbons (Fsp3) is 0.438. The number of carbonyl (C=O) groups excluding carboxylic acids is 1. The number of nitrogens with one attached hydrogen (secondary N) is 1. The van der Waals surface area contributed by atoms with Gasteiger partial charge in [-0.25, -0.2) is 4.79 Å². The molecule has 0 aliphatic heterocycles. The monoisotopic (exact) mass is 274 g/mol. The molecule has 0 saturated heterocycles. The van der Waals surface area contributed by atoms with Crippen molar-refractivity contribution in [3.8, 4) is 11.8 Å². The van der Waals surface area contributed by atoms with Gasteiger partial charge in [0.25, 0.3) is 0 Å². The number of carbonyl (C=O) groups is 1. The first-order valence-corrected chi connectivity index (χ1v) is 6.94. The summed E-state index contributed by atoms with van der Waals surface area (Å²) >= 11 is 0. The smallest absolute Gasteiger partial charge is 0.321 e. The topological polar surface area (TPSA) is 52.6 Å². The van der Waals surface area contributed by atoms with Crippen molar-refractivity contribution < 1.29 is 9.90 Å². The van der Waals surface area contributed by atoms with Gasteiger partial charge in [0.15, 0.2) is 0 Å². The van der Waals surface area contributed by atoms with Crippen LogP contribution in [0, 0.1) is 11.8 Å². The van der Waals surface area contributed by atoms with Gasteiger partial charge in [0.05, 0.1) is 0 Å². The Balaban J connectivity index is 2.93. The lowest BCUT2D eigenvalue weighted by atomic mass is 10.1. The van der Waals surface area contributed by atoms with Crippen molar-refractivity contribution in [3.05, 3.63) is 29.3 Å². The van der Waals surface area contributed by atoms with Gasteiger partial charge < -0.3 is 15.3 Å². The normalized spacial score (nSPS) is 9.60. The molecule has 0 aromatic heterocycles. The summed E-state index contributed by atoms with van der Waals surface area (Å²) in [4.78, 5) is 13.8. The Labute approximate surface area is 120 Å². The minimum absolute atomic E-state index is 0.0844. The van der Waals surface area contributed by atoms with Crippen LogP contribution < -0.4 is 5.32 Å². The zero-order valence-corrected chi connectivity index (χ0v) is 12.4. The number of amides is 2. The molecular weight excluding hydrogens is 252 g/mol. The van der Waals surface area contributed by atoms with E-state index in [1.54, 1.807) is 4.90 Å². The molecule has 1 aromatic carbocycles. The maximum atomic E-state index is 12.1. The molecule has 4 nitrogen and oxygen atoms in total. The predicted octanol–water partition coefficient (Wildman–Crippen LogP) is 2.47. The summed E-state index contributed by atoms with van der Waals surface area (Å²) in [6.07, 6.45) is 0.808. The molecule has 2 N–H and O–H groups in total. The minimum Gasteiger partial charge on any atom is -0.384 e. The van der Waals surface area contributed by atoms with Gasteiger partial charge >= 0.3 is 6.03 Å². The van der Waals surface area contributed by atoms with Crippen LogP contribution >= 0.6 is 0 Å². The fourth-order valence-corrected chi connectivity index (χ4v) is 1.93. The molecule has 0 aliphatic rings. The van der Waals surface area contributed by atoms with Crippen LogP contribution in [0.5, 0.6) is 0 Å². The lowest BCUT2D eigenvalue weighted by Crippen LogP contribution is -2.34. The van der Waals surface area contributed by atoms with Crippen LogP contribution in [0.2, 0.25) is 0 Å². The van der Waals surface area contributed by atoms with Crippen molar-refractivity contribution in [2.45, 2.75) is 27.2 Å². The largest absolute Gasteiger partial charge is 0.384 e. The minimum atomic E-state index is -0.151. The molecule has 0 fully saturated rings. The Morgan fingerprint density at radius 2 is 2.00 bits per heavy atom. The van der Waals surface area contributed by atoms with Crippen molar-refractivity contribution in [2.75, 3.05) is 25.0 Å². The molecule has 0 heterocycles. The van der Waals surface area contributed by atoms with E-state index in [1.807, 2.05) is 39.0 Å². The maximum absolute atomic E-state index is 12.1. The summed E-state index contributed by atoms with van der Waals surface area (Å²) in [6.45, 7) is 7.16. The number of urea groups is 1.